The first kappa shape index (κ1) is 18.2. The Bertz CT molecular complexity index is 410. The summed E-state index contributed by atoms with van der Waals surface area (Å²) < 4.78 is 21.9. The van der Waals surface area contributed by atoms with Crippen molar-refractivity contribution in [3.63, 3.8) is 0 Å². The topological polar surface area (TPSA) is 127 Å². The summed E-state index contributed by atoms with van der Waals surface area (Å²) in [7, 11) is -3.19. The Labute approximate surface area is 117 Å². The van der Waals surface area contributed by atoms with Crippen LogP contribution in [-0.2, 0) is 19.4 Å². The van der Waals surface area contributed by atoms with Gasteiger partial charge in [-0.15, -0.1) is 0 Å². The first-order chi connectivity index (χ1) is 8.67. The van der Waals surface area contributed by atoms with Crippen molar-refractivity contribution in [2.75, 3.05) is 24.0 Å². The summed E-state index contributed by atoms with van der Waals surface area (Å²) >= 11 is 1.47. The molecular weight excluding hydrogens is 292 g/mol. The van der Waals surface area contributed by atoms with Gasteiger partial charge in [0.15, 0.2) is 0 Å². The van der Waals surface area contributed by atoms with Gasteiger partial charge in [0, 0.05) is 6.26 Å². The molecule has 0 aromatic heterocycles. The van der Waals surface area contributed by atoms with Crippen molar-refractivity contribution in [3.8, 4) is 0 Å². The normalized spacial score (nSPS) is 14.7. The molecule has 7 nitrogen and oxygen atoms in total. The van der Waals surface area contributed by atoms with E-state index in [0.29, 0.717) is 12.2 Å². The molecule has 2 atom stereocenters. The van der Waals surface area contributed by atoms with Gasteiger partial charge in [-0.2, -0.15) is 11.8 Å². The number of hydrogen-bond donors (Lipinski definition) is 3. The molecule has 0 aromatic carbocycles. The lowest BCUT2D eigenvalue weighted by Crippen LogP contribution is -2.49. The zero-order valence-corrected chi connectivity index (χ0v) is 12.6. The predicted octanol–water partition coefficient (Wildman–Crippen LogP) is -0.929. The van der Waals surface area contributed by atoms with Gasteiger partial charge in [-0.05, 0) is 24.9 Å². The summed E-state index contributed by atoms with van der Waals surface area (Å²) in [4.78, 5) is 22.6. The molecule has 0 spiro atoms. The van der Waals surface area contributed by atoms with Crippen molar-refractivity contribution >= 4 is 33.5 Å². The van der Waals surface area contributed by atoms with Gasteiger partial charge in [0.05, 0.1) is 11.8 Å². The number of rotatable bonds is 9. The highest BCUT2D eigenvalue weighted by Crippen LogP contribution is 2.02. The molecule has 0 bridgehead atoms. The monoisotopic (exact) mass is 312 g/mol. The second-order valence-corrected chi connectivity index (χ2v) is 7.45. The highest BCUT2D eigenvalue weighted by molar-refractivity contribution is 7.98. The third-order valence-electron chi connectivity index (χ3n) is 2.36. The highest BCUT2D eigenvalue weighted by atomic mass is 32.2. The van der Waals surface area contributed by atoms with Crippen molar-refractivity contribution < 1.29 is 23.1 Å². The minimum absolute atomic E-state index is 0.0282. The molecule has 19 heavy (non-hydrogen) atoms. The number of sulfone groups is 1. The van der Waals surface area contributed by atoms with Crippen molar-refractivity contribution in [1.82, 2.24) is 5.32 Å². The Kier molecular flexibility index (Phi) is 8.03. The molecule has 1 amide bonds. The van der Waals surface area contributed by atoms with E-state index in [9.17, 15) is 18.0 Å². The number of aliphatic carboxylic acids is 1. The van der Waals surface area contributed by atoms with E-state index in [1.54, 1.807) is 0 Å². The van der Waals surface area contributed by atoms with Crippen molar-refractivity contribution in [3.05, 3.63) is 0 Å². The van der Waals surface area contributed by atoms with Gasteiger partial charge in [0.2, 0.25) is 5.91 Å². The molecule has 0 aliphatic rings. The molecule has 0 rings (SSSR count). The average molecular weight is 312 g/mol. The number of carbonyl (C=O) groups excluding carboxylic acids is 1. The smallest absolute Gasteiger partial charge is 0.326 e. The van der Waals surface area contributed by atoms with Crippen LogP contribution in [0.5, 0.6) is 0 Å². The standard InChI is InChI=1S/C10H20N2O5S2/c1-18-5-3-8(10(14)15)12-9(13)7(11)4-6-19(2,16)17/h7-8H,3-6,11H2,1-2H3,(H,12,13)(H,14,15)/t7?,8-/m1/s1. The number of carboxylic acids is 1. The third kappa shape index (κ3) is 8.84. The van der Waals surface area contributed by atoms with Gasteiger partial charge >= 0.3 is 5.97 Å². The Morgan fingerprint density at radius 2 is 1.95 bits per heavy atom. The first-order valence-electron chi connectivity index (χ1n) is 5.62. The van der Waals surface area contributed by atoms with Gasteiger partial charge in [-0.1, -0.05) is 0 Å². The van der Waals surface area contributed by atoms with Gasteiger partial charge in [-0.3, -0.25) is 4.79 Å². The van der Waals surface area contributed by atoms with E-state index in [4.69, 9.17) is 10.8 Å². The van der Waals surface area contributed by atoms with Crippen LogP contribution in [0.1, 0.15) is 12.8 Å². The van der Waals surface area contributed by atoms with Gasteiger partial charge in [-0.25, -0.2) is 13.2 Å². The molecule has 1 unspecified atom stereocenters. The second-order valence-electron chi connectivity index (χ2n) is 4.21. The molecule has 0 saturated carbocycles. The summed E-state index contributed by atoms with van der Waals surface area (Å²) in [6.07, 6.45) is 3.15. The van der Waals surface area contributed by atoms with Crippen LogP contribution in [0, 0.1) is 0 Å². The van der Waals surface area contributed by atoms with Crippen LogP contribution in [0.15, 0.2) is 0 Å². The van der Waals surface area contributed by atoms with Crippen LogP contribution in [0.25, 0.3) is 0 Å². The van der Waals surface area contributed by atoms with E-state index in [0.717, 1.165) is 6.26 Å². The largest absolute Gasteiger partial charge is 0.480 e. The van der Waals surface area contributed by atoms with E-state index in [-0.39, 0.29) is 12.2 Å². The molecule has 0 radical (unpaired) electrons. The molecule has 0 fully saturated rings. The number of carbonyl (C=O) groups is 2. The number of hydrogen-bond acceptors (Lipinski definition) is 6. The second kappa shape index (κ2) is 8.39. The van der Waals surface area contributed by atoms with E-state index < -0.39 is 33.8 Å². The number of nitrogens with two attached hydrogens (primary N) is 1. The Morgan fingerprint density at radius 1 is 1.37 bits per heavy atom. The third-order valence-corrected chi connectivity index (χ3v) is 3.98. The lowest BCUT2D eigenvalue weighted by atomic mass is 10.2. The fourth-order valence-electron chi connectivity index (χ4n) is 1.24. The van der Waals surface area contributed by atoms with E-state index in [2.05, 4.69) is 5.32 Å². The predicted molar refractivity (Wildman–Crippen MR) is 74.9 cm³/mol. The lowest BCUT2D eigenvalue weighted by Gasteiger charge is -2.17. The van der Waals surface area contributed by atoms with Gasteiger partial charge < -0.3 is 16.2 Å². The summed E-state index contributed by atoms with van der Waals surface area (Å²) in [5.41, 5.74) is 5.53. The lowest BCUT2D eigenvalue weighted by molar-refractivity contribution is -0.142. The maximum absolute atomic E-state index is 11.6. The minimum Gasteiger partial charge on any atom is -0.480 e. The molecule has 9 heteroatoms. The van der Waals surface area contributed by atoms with Crippen molar-refractivity contribution in [1.29, 1.82) is 0 Å². The van der Waals surface area contributed by atoms with Crippen molar-refractivity contribution in [2.24, 2.45) is 5.73 Å². The van der Waals surface area contributed by atoms with Gasteiger partial charge in [0.25, 0.3) is 0 Å². The van der Waals surface area contributed by atoms with Crippen LogP contribution < -0.4 is 11.1 Å². The van der Waals surface area contributed by atoms with Crippen LogP contribution in [0.2, 0.25) is 0 Å². The molecule has 0 aliphatic heterocycles. The number of thioether (sulfide) groups is 1. The molecule has 0 heterocycles. The van der Waals surface area contributed by atoms with Gasteiger partial charge in [0.1, 0.15) is 15.9 Å². The maximum Gasteiger partial charge on any atom is 0.326 e. The molecule has 0 aromatic rings. The average Bonchev–Trinajstić information content (AvgIpc) is 2.29. The summed E-state index contributed by atoms with van der Waals surface area (Å²) in [6, 6.07) is -2.02. The Morgan fingerprint density at radius 3 is 2.37 bits per heavy atom. The number of carboxylic acid groups (broad SMARTS) is 1. The maximum atomic E-state index is 11.6. The minimum atomic E-state index is -3.19. The first-order valence-corrected chi connectivity index (χ1v) is 9.08. The molecule has 112 valence electrons. The molecule has 0 aliphatic carbocycles. The van der Waals surface area contributed by atoms with Crippen LogP contribution in [0.3, 0.4) is 0 Å². The summed E-state index contributed by atoms with van der Waals surface area (Å²) in [5, 5.41) is 11.2. The van der Waals surface area contributed by atoms with E-state index >= 15 is 0 Å². The SMILES string of the molecule is CSCC[C@@H](NC(=O)C(N)CCS(C)(=O)=O)C(=O)O. The van der Waals surface area contributed by atoms with Crippen LogP contribution in [-0.4, -0.2) is 61.5 Å². The number of nitrogens with one attached hydrogen (secondary N) is 1. The molecule has 4 N–H and O–H groups in total. The Hall–Kier alpha value is -0.800. The zero-order valence-electron chi connectivity index (χ0n) is 11.0. The molecular formula is C10H20N2O5S2. The van der Waals surface area contributed by atoms with Crippen LogP contribution in [0.4, 0.5) is 0 Å². The fraction of sp³-hybridized carbons (Fsp3) is 0.800. The van der Waals surface area contributed by atoms with E-state index in [1.165, 1.54) is 11.8 Å². The Balaban J connectivity index is 4.34. The van der Waals surface area contributed by atoms with Crippen molar-refractivity contribution in [2.45, 2.75) is 24.9 Å². The molecule has 0 saturated heterocycles. The number of amides is 1. The zero-order chi connectivity index (χ0) is 15.1. The summed E-state index contributed by atoms with van der Waals surface area (Å²) in [5.74, 6) is -1.38. The highest BCUT2D eigenvalue weighted by Gasteiger charge is 2.23. The quantitative estimate of drug-likeness (QED) is 0.502. The summed E-state index contributed by atoms with van der Waals surface area (Å²) in [6.45, 7) is 0. The van der Waals surface area contributed by atoms with Crippen LogP contribution >= 0.6 is 11.8 Å². The fourth-order valence-corrected chi connectivity index (χ4v) is 2.40. The van der Waals surface area contributed by atoms with E-state index in [1.807, 2.05) is 6.26 Å².